The number of hydrogen-bond acceptors (Lipinski definition) is 5. The summed E-state index contributed by atoms with van der Waals surface area (Å²) < 4.78 is 19.7. The van der Waals surface area contributed by atoms with Gasteiger partial charge in [0.1, 0.15) is 10.7 Å². The van der Waals surface area contributed by atoms with Crippen molar-refractivity contribution in [2.24, 2.45) is 0 Å². The number of ether oxygens (including phenoxy) is 1. The lowest BCUT2D eigenvalue weighted by Crippen LogP contribution is -2.44. The minimum Gasteiger partial charge on any atom is -0.465 e. The molecule has 24 heavy (non-hydrogen) atoms. The minimum atomic E-state index is -0.336. The number of thiazole rings is 1. The molecule has 0 bridgehead atoms. The molecule has 1 saturated heterocycles. The lowest BCUT2D eigenvalue weighted by atomic mass is 9.91. The van der Waals surface area contributed by atoms with E-state index in [0.29, 0.717) is 10.8 Å². The van der Waals surface area contributed by atoms with Crippen molar-refractivity contribution in [1.29, 1.82) is 0 Å². The minimum absolute atomic E-state index is 0.199. The fourth-order valence-electron chi connectivity index (χ4n) is 3.02. The zero-order chi connectivity index (χ0) is 16.7. The molecule has 2 aromatic heterocycles. The van der Waals surface area contributed by atoms with Gasteiger partial charge in [-0.25, -0.2) is 14.2 Å². The molecule has 0 spiro atoms. The number of halogens is 1. The predicted molar refractivity (Wildman–Crippen MR) is 88.8 cm³/mol. The maximum atomic E-state index is 13.0. The predicted octanol–water partition coefficient (Wildman–Crippen LogP) is 2.92. The Kier molecular flexibility index (Phi) is 3.82. The van der Waals surface area contributed by atoms with Gasteiger partial charge in [-0.1, -0.05) is 23.5 Å². The van der Waals surface area contributed by atoms with E-state index in [1.165, 1.54) is 36.1 Å². The van der Waals surface area contributed by atoms with Crippen LogP contribution in [0.25, 0.3) is 4.96 Å². The highest BCUT2D eigenvalue weighted by Crippen LogP contribution is 2.29. The van der Waals surface area contributed by atoms with Gasteiger partial charge in [0.15, 0.2) is 4.96 Å². The molecule has 0 aliphatic carbocycles. The number of rotatable bonds is 4. The first-order valence-corrected chi connectivity index (χ1v) is 8.47. The number of benzene rings is 1. The summed E-state index contributed by atoms with van der Waals surface area (Å²) in [6.45, 7) is 2.65. The number of carbonyl (C=O) groups excluding carboxylic acids is 1. The average molecular weight is 345 g/mol. The Labute approximate surface area is 142 Å². The monoisotopic (exact) mass is 345 g/mol. The van der Waals surface area contributed by atoms with E-state index in [1.54, 1.807) is 6.20 Å². The van der Waals surface area contributed by atoms with E-state index in [-0.39, 0.29) is 11.8 Å². The molecule has 0 N–H and O–H groups in total. The summed E-state index contributed by atoms with van der Waals surface area (Å²) in [7, 11) is 1.38. The van der Waals surface area contributed by atoms with Crippen molar-refractivity contribution in [1.82, 2.24) is 14.3 Å². The fraction of sp³-hybridized carbons (Fsp3) is 0.294. The molecular formula is C17H16FN3O2S. The van der Waals surface area contributed by atoms with Crippen LogP contribution in [0.15, 0.2) is 36.7 Å². The van der Waals surface area contributed by atoms with Gasteiger partial charge in [-0.05, 0) is 17.7 Å². The van der Waals surface area contributed by atoms with Gasteiger partial charge in [-0.15, -0.1) is 0 Å². The van der Waals surface area contributed by atoms with Gasteiger partial charge in [0, 0.05) is 31.7 Å². The van der Waals surface area contributed by atoms with Gasteiger partial charge < -0.3 is 4.74 Å². The van der Waals surface area contributed by atoms with Gasteiger partial charge in [0.25, 0.3) is 0 Å². The third-order valence-corrected chi connectivity index (χ3v) is 5.33. The summed E-state index contributed by atoms with van der Waals surface area (Å²) in [5.41, 5.74) is 2.23. The molecule has 0 radical (unpaired) electrons. The Bertz CT molecular complexity index is 881. The van der Waals surface area contributed by atoms with Gasteiger partial charge in [0.2, 0.25) is 0 Å². The highest BCUT2D eigenvalue weighted by atomic mass is 32.1. The number of aromatic nitrogens is 2. The number of hydrogen-bond donors (Lipinski definition) is 0. The van der Waals surface area contributed by atoms with Crippen molar-refractivity contribution in [2.75, 3.05) is 20.2 Å². The van der Waals surface area contributed by atoms with Crippen molar-refractivity contribution < 1.29 is 13.9 Å². The molecule has 0 atom stereocenters. The lowest BCUT2D eigenvalue weighted by molar-refractivity contribution is 0.0606. The van der Waals surface area contributed by atoms with Crippen molar-refractivity contribution in [3.63, 3.8) is 0 Å². The van der Waals surface area contributed by atoms with Gasteiger partial charge >= 0.3 is 5.97 Å². The average Bonchev–Trinajstić information content (AvgIpc) is 3.12. The molecule has 3 heterocycles. The third-order valence-electron chi connectivity index (χ3n) is 4.36. The number of imidazole rings is 1. The third kappa shape index (κ3) is 2.70. The van der Waals surface area contributed by atoms with Crippen LogP contribution in [-0.4, -0.2) is 40.5 Å². The Morgan fingerprint density at radius 2 is 2.12 bits per heavy atom. The standard InChI is InChI=1S/C17H16FN3O2S/c1-23-16(22)15-10-21-14(6-19-17(21)24-15)9-20-7-12(8-20)11-2-4-13(18)5-3-11/h2-6,10,12H,7-9H2,1H3. The fourth-order valence-corrected chi connectivity index (χ4v) is 3.91. The number of esters is 1. The Morgan fingerprint density at radius 1 is 1.38 bits per heavy atom. The highest BCUT2D eigenvalue weighted by Gasteiger charge is 2.28. The molecule has 124 valence electrons. The van der Waals surface area contributed by atoms with E-state index < -0.39 is 0 Å². The van der Waals surface area contributed by atoms with E-state index in [1.807, 2.05) is 22.7 Å². The van der Waals surface area contributed by atoms with Crippen LogP contribution in [0, 0.1) is 5.82 Å². The van der Waals surface area contributed by atoms with Crippen LogP contribution in [0.3, 0.4) is 0 Å². The van der Waals surface area contributed by atoms with Gasteiger partial charge in [0.05, 0.1) is 19.0 Å². The summed E-state index contributed by atoms with van der Waals surface area (Å²) in [5, 5.41) is 0. The molecule has 1 fully saturated rings. The largest absolute Gasteiger partial charge is 0.465 e. The first kappa shape index (κ1) is 15.3. The maximum Gasteiger partial charge on any atom is 0.349 e. The van der Waals surface area contributed by atoms with Crippen LogP contribution in [-0.2, 0) is 11.3 Å². The van der Waals surface area contributed by atoms with Crippen molar-refractivity contribution in [3.8, 4) is 0 Å². The molecule has 1 aliphatic rings. The van der Waals surface area contributed by atoms with E-state index in [9.17, 15) is 9.18 Å². The second-order valence-corrected chi connectivity index (χ2v) is 6.94. The summed E-state index contributed by atoms with van der Waals surface area (Å²) >= 11 is 1.33. The SMILES string of the molecule is COC(=O)c1cn2c(CN3CC(c4ccc(F)cc4)C3)cnc2s1. The molecule has 0 amide bonds. The Hall–Kier alpha value is -2.25. The molecular weight excluding hydrogens is 329 g/mol. The molecule has 4 rings (SSSR count). The van der Waals surface area contributed by atoms with Gasteiger partial charge in [-0.2, -0.15) is 0 Å². The number of likely N-dealkylation sites (tertiary alicyclic amines) is 1. The first-order valence-electron chi connectivity index (χ1n) is 7.66. The molecule has 3 aromatic rings. The maximum absolute atomic E-state index is 13.0. The number of fused-ring (bicyclic) bond motifs is 1. The summed E-state index contributed by atoms with van der Waals surface area (Å²) in [5.74, 6) is -0.0886. The van der Waals surface area contributed by atoms with Crippen LogP contribution in [0.4, 0.5) is 4.39 Å². The quantitative estimate of drug-likeness (QED) is 0.682. The molecule has 1 aromatic carbocycles. The van der Waals surface area contributed by atoms with Crippen molar-refractivity contribution >= 4 is 22.3 Å². The highest BCUT2D eigenvalue weighted by molar-refractivity contribution is 7.18. The van der Waals surface area contributed by atoms with Crippen LogP contribution in [0.1, 0.15) is 26.8 Å². The van der Waals surface area contributed by atoms with Crippen LogP contribution >= 0.6 is 11.3 Å². The van der Waals surface area contributed by atoms with E-state index in [0.717, 1.165) is 30.3 Å². The second kappa shape index (κ2) is 5.99. The van der Waals surface area contributed by atoms with Crippen molar-refractivity contribution in [3.05, 3.63) is 58.6 Å². The Balaban J connectivity index is 1.43. The molecule has 7 heteroatoms. The first-order chi connectivity index (χ1) is 11.6. The molecule has 1 aliphatic heterocycles. The van der Waals surface area contributed by atoms with Gasteiger partial charge in [-0.3, -0.25) is 9.30 Å². The van der Waals surface area contributed by atoms with E-state index in [2.05, 4.69) is 9.88 Å². The normalized spacial score (nSPS) is 15.6. The van der Waals surface area contributed by atoms with Crippen LogP contribution < -0.4 is 0 Å². The summed E-state index contributed by atoms with van der Waals surface area (Å²) in [4.78, 5) is 19.6. The zero-order valence-electron chi connectivity index (χ0n) is 13.1. The van der Waals surface area contributed by atoms with Crippen molar-refractivity contribution in [2.45, 2.75) is 12.5 Å². The molecule has 0 saturated carbocycles. The number of methoxy groups -OCH3 is 1. The topological polar surface area (TPSA) is 46.8 Å². The van der Waals surface area contributed by atoms with Crippen LogP contribution in [0.2, 0.25) is 0 Å². The number of nitrogens with zero attached hydrogens (tertiary/aromatic N) is 3. The molecule has 0 unspecified atom stereocenters. The zero-order valence-corrected chi connectivity index (χ0v) is 13.9. The number of carbonyl (C=O) groups is 1. The van der Waals surface area contributed by atoms with E-state index >= 15 is 0 Å². The summed E-state index contributed by atoms with van der Waals surface area (Å²) in [6.07, 6.45) is 3.63. The molecule has 5 nitrogen and oxygen atoms in total. The lowest BCUT2D eigenvalue weighted by Gasteiger charge is -2.39. The van der Waals surface area contributed by atoms with E-state index in [4.69, 9.17) is 4.74 Å². The Morgan fingerprint density at radius 3 is 2.83 bits per heavy atom. The summed E-state index contributed by atoms with van der Waals surface area (Å²) in [6, 6.07) is 6.74. The smallest absolute Gasteiger partial charge is 0.349 e. The van der Waals surface area contributed by atoms with Crippen LogP contribution in [0.5, 0.6) is 0 Å². The second-order valence-electron chi connectivity index (χ2n) is 5.93.